The standard InChI is InChI=1S/C15H15N5O5/c16-19-18-9-3-1-2-8(4-9)10-6-20(15(24)17-14(10)23)13-5-11(22)12(7-21)25-13/h1-4,6,11-13,21-22H,5,7H2,(H,17,23,24)/t11-,12+,13+/m0/s1. The fourth-order valence-electron chi connectivity index (χ4n) is 2.74. The summed E-state index contributed by atoms with van der Waals surface area (Å²) in [6, 6.07) is 6.35. The van der Waals surface area contributed by atoms with Crippen molar-refractivity contribution in [2.75, 3.05) is 6.61 Å². The molecule has 1 aliphatic rings. The summed E-state index contributed by atoms with van der Waals surface area (Å²) in [5.41, 5.74) is 8.19. The summed E-state index contributed by atoms with van der Waals surface area (Å²) in [7, 11) is 0. The first-order valence-electron chi connectivity index (χ1n) is 7.49. The SMILES string of the molecule is [N-]=[N+]=Nc1cccc(-c2cn([C@H]3C[C@H](O)[C@@H](CO)O3)c(=O)[nH]c2=O)c1. The third-order valence-corrected chi connectivity index (χ3v) is 3.98. The molecule has 0 aliphatic carbocycles. The van der Waals surface area contributed by atoms with Gasteiger partial charge in [0.15, 0.2) is 0 Å². The molecule has 130 valence electrons. The van der Waals surface area contributed by atoms with Crippen molar-refractivity contribution in [2.45, 2.75) is 24.9 Å². The summed E-state index contributed by atoms with van der Waals surface area (Å²) < 4.78 is 6.62. The molecule has 0 spiro atoms. The highest BCUT2D eigenvalue weighted by molar-refractivity contribution is 5.65. The van der Waals surface area contributed by atoms with Crippen molar-refractivity contribution in [3.05, 3.63) is 61.7 Å². The van der Waals surface area contributed by atoms with Crippen LogP contribution in [0.3, 0.4) is 0 Å². The Morgan fingerprint density at radius 2 is 2.24 bits per heavy atom. The molecule has 1 saturated heterocycles. The van der Waals surface area contributed by atoms with Crippen molar-refractivity contribution in [2.24, 2.45) is 5.11 Å². The third-order valence-electron chi connectivity index (χ3n) is 3.98. The minimum Gasteiger partial charge on any atom is -0.394 e. The van der Waals surface area contributed by atoms with E-state index < -0.39 is 29.7 Å². The zero-order chi connectivity index (χ0) is 18.0. The van der Waals surface area contributed by atoms with Crippen molar-refractivity contribution >= 4 is 5.69 Å². The average molecular weight is 345 g/mol. The minimum atomic E-state index is -0.912. The van der Waals surface area contributed by atoms with Gasteiger partial charge in [-0.3, -0.25) is 14.3 Å². The van der Waals surface area contributed by atoms with E-state index in [1.165, 1.54) is 12.3 Å². The average Bonchev–Trinajstić information content (AvgIpc) is 2.96. The number of hydrogen-bond donors (Lipinski definition) is 3. The first-order valence-corrected chi connectivity index (χ1v) is 7.49. The fourth-order valence-corrected chi connectivity index (χ4v) is 2.74. The number of nitrogens with zero attached hydrogens (tertiary/aromatic N) is 4. The van der Waals surface area contributed by atoms with E-state index in [1.807, 2.05) is 0 Å². The Morgan fingerprint density at radius 1 is 1.44 bits per heavy atom. The molecule has 10 heteroatoms. The lowest BCUT2D eigenvalue weighted by Gasteiger charge is -2.15. The molecular formula is C15H15N5O5. The number of ether oxygens (including phenoxy) is 1. The van der Waals surface area contributed by atoms with Gasteiger partial charge in [-0.15, -0.1) is 0 Å². The van der Waals surface area contributed by atoms with Gasteiger partial charge in [-0.1, -0.05) is 23.3 Å². The molecule has 1 aliphatic heterocycles. The fraction of sp³-hybridized carbons (Fsp3) is 0.333. The number of aliphatic hydroxyl groups excluding tert-OH is 2. The van der Waals surface area contributed by atoms with Crippen LogP contribution in [0, 0.1) is 0 Å². The van der Waals surface area contributed by atoms with E-state index in [-0.39, 0.29) is 18.6 Å². The van der Waals surface area contributed by atoms with Crippen molar-refractivity contribution in [1.29, 1.82) is 0 Å². The molecule has 3 N–H and O–H groups in total. The molecular weight excluding hydrogens is 330 g/mol. The van der Waals surface area contributed by atoms with Gasteiger partial charge >= 0.3 is 5.69 Å². The van der Waals surface area contributed by atoms with Crippen LogP contribution in [0.2, 0.25) is 0 Å². The largest absolute Gasteiger partial charge is 0.394 e. The number of nitrogens with one attached hydrogen (secondary N) is 1. The first kappa shape index (κ1) is 16.9. The Bertz CT molecular complexity index is 946. The molecule has 1 aromatic heterocycles. The number of aromatic nitrogens is 2. The Morgan fingerprint density at radius 3 is 2.92 bits per heavy atom. The Hall–Kier alpha value is -2.91. The van der Waals surface area contributed by atoms with Crippen molar-refractivity contribution in [3.8, 4) is 11.1 Å². The van der Waals surface area contributed by atoms with Crippen LogP contribution in [0.25, 0.3) is 21.6 Å². The number of azide groups is 1. The maximum Gasteiger partial charge on any atom is 0.330 e. The van der Waals surface area contributed by atoms with E-state index in [0.717, 1.165) is 4.57 Å². The summed E-state index contributed by atoms with van der Waals surface area (Å²) in [6.45, 7) is -0.378. The molecule has 2 aromatic rings. The predicted molar refractivity (Wildman–Crippen MR) is 87.2 cm³/mol. The second kappa shape index (κ2) is 6.91. The second-order valence-corrected chi connectivity index (χ2v) is 5.56. The van der Waals surface area contributed by atoms with Crippen LogP contribution in [-0.2, 0) is 4.74 Å². The smallest absolute Gasteiger partial charge is 0.330 e. The lowest BCUT2D eigenvalue weighted by atomic mass is 10.1. The highest BCUT2D eigenvalue weighted by Gasteiger charge is 2.35. The quantitative estimate of drug-likeness (QED) is 0.424. The Labute approximate surface area is 140 Å². The van der Waals surface area contributed by atoms with Crippen LogP contribution in [0.15, 0.2) is 45.2 Å². The van der Waals surface area contributed by atoms with Crippen LogP contribution in [0.1, 0.15) is 12.6 Å². The van der Waals surface area contributed by atoms with Gasteiger partial charge in [0, 0.05) is 23.2 Å². The molecule has 0 radical (unpaired) electrons. The monoisotopic (exact) mass is 345 g/mol. The van der Waals surface area contributed by atoms with E-state index >= 15 is 0 Å². The van der Waals surface area contributed by atoms with E-state index in [4.69, 9.17) is 15.4 Å². The van der Waals surface area contributed by atoms with Gasteiger partial charge in [0.2, 0.25) is 0 Å². The maximum atomic E-state index is 12.2. The van der Waals surface area contributed by atoms with Crippen LogP contribution in [-0.4, -0.2) is 38.6 Å². The second-order valence-electron chi connectivity index (χ2n) is 5.56. The highest BCUT2D eigenvalue weighted by Crippen LogP contribution is 2.28. The van der Waals surface area contributed by atoms with Gasteiger partial charge in [-0.25, -0.2) is 4.79 Å². The summed E-state index contributed by atoms with van der Waals surface area (Å²) in [5, 5.41) is 22.5. The summed E-state index contributed by atoms with van der Waals surface area (Å²) in [6.07, 6.45) is -1.08. The number of benzene rings is 1. The van der Waals surface area contributed by atoms with Crippen LogP contribution in [0.4, 0.5) is 5.69 Å². The molecule has 10 nitrogen and oxygen atoms in total. The Kier molecular flexibility index (Phi) is 4.68. The molecule has 3 atom stereocenters. The van der Waals surface area contributed by atoms with Crippen molar-refractivity contribution in [1.82, 2.24) is 9.55 Å². The highest BCUT2D eigenvalue weighted by atomic mass is 16.5. The van der Waals surface area contributed by atoms with Gasteiger partial charge in [-0.2, -0.15) is 0 Å². The van der Waals surface area contributed by atoms with Crippen molar-refractivity contribution < 1.29 is 14.9 Å². The zero-order valence-electron chi connectivity index (χ0n) is 12.9. The number of aliphatic hydroxyl groups is 2. The number of H-pyrrole nitrogens is 1. The number of rotatable bonds is 4. The van der Waals surface area contributed by atoms with E-state index in [0.29, 0.717) is 11.3 Å². The molecule has 0 bridgehead atoms. The molecule has 0 amide bonds. The topological polar surface area (TPSA) is 153 Å². The van der Waals surface area contributed by atoms with Crippen molar-refractivity contribution in [3.63, 3.8) is 0 Å². The van der Waals surface area contributed by atoms with E-state index in [2.05, 4.69) is 15.0 Å². The minimum absolute atomic E-state index is 0.107. The van der Waals surface area contributed by atoms with Crippen LogP contribution >= 0.6 is 0 Å². The number of aromatic amines is 1. The lowest BCUT2D eigenvalue weighted by Crippen LogP contribution is -2.33. The molecule has 1 fully saturated rings. The van der Waals surface area contributed by atoms with Gasteiger partial charge in [0.05, 0.1) is 18.3 Å². The third kappa shape index (κ3) is 3.32. The summed E-state index contributed by atoms with van der Waals surface area (Å²) in [5.74, 6) is 0. The molecule has 3 rings (SSSR count). The van der Waals surface area contributed by atoms with Gasteiger partial charge in [0.25, 0.3) is 5.56 Å². The van der Waals surface area contributed by atoms with E-state index in [1.54, 1.807) is 18.2 Å². The molecule has 1 aromatic carbocycles. The lowest BCUT2D eigenvalue weighted by molar-refractivity contribution is -0.0458. The maximum absolute atomic E-state index is 12.2. The summed E-state index contributed by atoms with van der Waals surface area (Å²) in [4.78, 5) is 29.2. The van der Waals surface area contributed by atoms with Gasteiger partial charge in [-0.05, 0) is 17.2 Å². The van der Waals surface area contributed by atoms with Crippen LogP contribution in [0.5, 0.6) is 0 Å². The first-order chi connectivity index (χ1) is 12.0. The van der Waals surface area contributed by atoms with Gasteiger partial charge in [0.1, 0.15) is 12.3 Å². The predicted octanol–water partition coefficient (Wildman–Crippen LogP) is 0.786. The van der Waals surface area contributed by atoms with Gasteiger partial charge < -0.3 is 14.9 Å². The molecule has 2 heterocycles. The Balaban J connectivity index is 2.05. The molecule has 25 heavy (non-hydrogen) atoms. The molecule has 0 saturated carbocycles. The van der Waals surface area contributed by atoms with E-state index in [9.17, 15) is 14.7 Å². The normalized spacial score (nSPS) is 22.6. The zero-order valence-corrected chi connectivity index (χ0v) is 12.9. The number of hydrogen-bond acceptors (Lipinski definition) is 6. The molecule has 0 unspecified atom stereocenters. The van der Waals surface area contributed by atoms with Crippen LogP contribution < -0.4 is 11.2 Å². The summed E-state index contributed by atoms with van der Waals surface area (Å²) >= 11 is 0.